The molecule has 7 fully saturated rings. The second kappa shape index (κ2) is 68.4. The first-order chi connectivity index (χ1) is 71.4. The van der Waals surface area contributed by atoms with Crippen molar-refractivity contribution in [2.45, 2.75) is 278 Å². The first-order valence-corrected chi connectivity index (χ1v) is 53.2. The lowest BCUT2D eigenvalue weighted by atomic mass is 9.88. The van der Waals surface area contributed by atoms with Crippen molar-refractivity contribution in [2.75, 3.05) is 224 Å². The minimum Gasteiger partial charge on any atom is -0.388 e. The summed E-state index contributed by atoms with van der Waals surface area (Å²) in [6.07, 6.45) is 9.67. The lowest BCUT2D eigenvalue weighted by Gasteiger charge is -2.42. The molecule has 0 spiro atoms. The molecule has 834 valence electrons. The summed E-state index contributed by atoms with van der Waals surface area (Å²) in [5.74, 6) is 0.425. The predicted octanol–water partition coefficient (Wildman–Crippen LogP) is 0.335. The fourth-order valence-electron chi connectivity index (χ4n) is 16.6. The SMILES string of the molecule is CCC(=O)NC(COCc1cn(CCOCCOCCOCCOC[C@@]23CO[C@@H](O2)[C@H](NC(C)=O)[C@@H](O)[C@H]3O)nn1)(COCc1cn(CCOCCOCCOCCOC[C@@]23CO[C@@H](O2)[C@H](NC(C)=O)[C@@H](O)[C@H]3O)nn1)COCc1cn(CCOCCOCCOCCOC[C@@]23CO[C@@H](O2)[C@H](NC(C)=O)[C@@H](O)[C@H]3O)nn1.CCCCCCC(=O)CCCCCOC1OCC(CC(=O)CCCCCSSc2ccccn2)CO1. The maximum Gasteiger partial charge on any atom is 0.271 e. The van der Waals surface area contributed by atoms with E-state index in [-0.39, 0.29) is 155 Å². The molecule has 11 rings (SSSR count). The number of Topliss-reactive ketones (excluding diaryl/α,β-unsaturated/α-hetero) is 2. The van der Waals surface area contributed by atoms with Gasteiger partial charge in [0, 0.05) is 70.7 Å². The van der Waals surface area contributed by atoms with Crippen LogP contribution in [-0.2, 0) is 182 Å². The van der Waals surface area contributed by atoms with Crippen molar-refractivity contribution in [1.29, 1.82) is 0 Å². The zero-order chi connectivity index (χ0) is 105. The molecule has 0 unspecified atom stereocenters. The molecule has 52 heteroatoms. The third kappa shape index (κ3) is 43.6. The Kier molecular flexibility index (Phi) is 56.9. The molecule has 0 radical (unpaired) electrons. The average molecular weight is 2130 g/mol. The molecule has 15 atom stereocenters. The van der Waals surface area contributed by atoms with Crippen LogP contribution in [0.1, 0.15) is 148 Å². The van der Waals surface area contributed by atoms with E-state index in [1.807, 2.05) is 35.2 Å². The van der Waals surface area contributed by atoms with Crippen molar-refractivity contribution in [3.05, 3.63) is 60.1 Å². The summed E-state index contributed by atoms with van der Waals surface area (Å²) in [4.78, 5) is 76.4. The summed E-state index contributed by atoms with van der Waals surface area (Å²) in [5.41, 5.74) is -3.46. The number of unbranched alkanes of at least 4 members (excludes halogenated alkanes) is 7. The predicted molar refractivity (Wildman–Crippen MR) is 518 cm³/mol. The van der Waals surface area contributed by atoms with Crippen molar-refractivity contribution in [3.8, 4) is 0 Å². The van der Waals surface area contributed by atoms with E-state index in [4.69, 9.17) is 114 Å². The third-order valence-electron chi connectivity index (χ3n) is 24.4. The highest BCUT2D eigenvalue weighted by atomic mass is 33.1. The number of aromatic nitrogens is 10. The summed E-state index contributed by atoms with van der Waals surface area (Å²) in [6, 6.07) is 3.24. The number of aliphatic hydroxyl groups is 6. The monoisotopic (exact) mass is 2130 g/mol. The summed E-state index contributed by atoms with van der Waals surface area (Å²) >= 11 is 0. The first kappa shape index (κ1) is 122. The fraction of sp³-hybridized carbons (Fsp3) is 0.821. The largest absolute Gasteiger partial charge is 0.388 e. The number of hydrogen-bond donors (Lipinski definition) is 10. The molecule has 147 heavy (non-hydrogen) atoms. The second-order valence-electron chi connectivity index (χ2n) is 36.8. The van der Waals surface area contributed by atoms with E-state index < -0.39 is 102 Å². The van der Waals surface area contributed by atoms with Gasteiger partial charge in [-0.15, -0.1) is 15.3 Å². The minimum atomic E-state index is -1.34. The van der Waals surface area contributed by atoms with E-state index in [1.165, 1.54) is 40.0 Å². The Labute approximate surface area is 864 Å². The molecule has 11 heterocycles. The number of aliphatic hydroxyl groups excluding tert-OH is 6. The second-order valence-corrected chi connectivity index (χ2v) is 39.2. The Balaban J connectivity index is 0.000000516. The van der Waals surface area contributed by atoms with Crippen LogP contribution in [0.5, 0.6) is 0 Å². The summed E-state index contributed by atoms with van der Waals surface area (Å²) in [5, 5.41) is 101. The van der Waals surface area contributed by atoms with E-state index in [0.717, 1.165) is 62.1 Å². The van der Waals surface area contributed by atoms with Crippen molar-refractivity contribution < 1.29 is 173 Å². The number of pyridine rings is 1. The number of ketones is 2. The Hall–Kier alpha value is -6.71. The molecule has 0 aliphatic carbocycles. The zero-order valence-corrected chi connectivity index (χ0v) is 86.9. The van der Waals surface area contributed by atoms with Crippen molar-refractivity contribution >= 4 is 56.8 Å². The van der Waals surface area contributed by atoms with E-state index in [0.29, 0.717) is 186 Å². The Morgan fingerprint density at radius 3 is 1.15 bits per heavy atom. The third-order valence-corrected chi connectivity index (χ3v) is 26.8. The normalized spacial score (nSPS) is 25.1. The highest BCUT2D eigenvalue weighted by molar-refractivity contribution is 8.76. The number of nitrogens with zero attached hydrogens (tertiary/aromatic N) is 10. The maximum atomic E-state index is 13.3. The number of hydrogen-bond acceptors (Lipinski definition) is 45. The molecule has 4 aromatic rings. The van der Waals surface area contributed by atoms with Crippen LogP contribution >= 0.6 is 21.6 Å². The molecule has 6 bridgehead atoms. The molecule has 0 saturated carbocycles. The van der Waals surface area contributed by atoms with Gasteiger partial charge in [-0.3, -0.25) is 28.8 Å². The van der Waals surface area contributed by atoms with Gasteiger partial charge in [0.1, 0.15) is 111 Å². The van der Waals surface area contributed by atoms with Crippen molar-refractivity contribution in [3.63, 3.8) is 0 Å². The molecule has 4 aromatic heterocycles. The Bertz CT molecular complexity index is 4010. The summed E-state index contributed by atoms with van der Waals surface area (Å²) in [6.45, 7) is 15.6. The summed E-state index contributed by atoms with van der Waals surface area (Å²) < 4.78 is 143. The van der Waals surface area contributed by atoms with Gasteiger partial charge in [0.2, 0.25) is 23.6 Å². The number of fused-ring (bicyclic) bond motifs is 6. The van der Waals surface area contributed by atoms with Gasteiger partial charge in [-0.1, -0.05) is 78.5 Å². The van der Waals surface area contributed by atoms with Crippen LogP contribution in [0.2, 0.25) is 0 Å². The van der Waals surface area contributed by atoms with Crippen LogP contribution in [0.15, 0.2) is 48.0 Å². The number of rotatable bonds is 81. The Morgan fingerprint density at radius 2 is 0.789 bits per heavy atom. The molecule has 10 N–H and O–H groups in total. The fourth-order valence-corrected chi connectivity index (χ4v) is 18.6. The average Bonchev–Trinajstić information content (AvgIpc) is 1.62. The van der Waals surface area contributed by atoms with Gasteiger partial charge >= 0.3 is 0 Å². The summed E-state index contributed by atoms with van der Waals surface area (Å²) in [7, 11) is 3.53. The highest BCUT2D eigenvalue weighted by Gasteiger charge is 2.62. The van der Waals surface area contributed by atoms with E-state index in [2.05, 4.69) is 64.1 Å². The molecule has 7 aliphatic rings. The van der Waals surface area contributed by atoms with Gasteiger partial charge in [-0.25, -0.2) is 19.0 Å². The van der Waals surface area contributed by atoms with Gasteiger partial charge in [0.15, 0.2) is 18.9 Å². The number of amides is 4. The molecule has 7 aliphatic heterocycles. The van der Waals surface area contributed by atoms with Crippen LogP contribution in [0, 0.1) is 5.92 Å². The molecule has 4 amide bonds. The number of carbonyl (C=O) groups excluding carboxylic acids is 6. The van der Waals surface area contributed by atoms with Gasteiger partial charge in [0.25, 0.3) is 6.48 Å². The van der Waals surface area contributed by atoms with Crippen LogP contribution in [0.25, 0.3) is 0 Å². The highest BCUT2D eigenvalue weighted by Crippen LogP contribution is 2.41. The maximum absolute atomic E-state index is 13.3. The molecule has 7 saturated heterocycles. The molecular formula is C95H156N14O36S2. The van der Waals surface area contributed by atoms with Crippen LogP contribution in [0.3, 0.4) is 0 Å². The molecule has 0 aromatic carbocycles. The first-order valence-electron chi connectivity index (χ1n) is 50.9. The number of nitrogens with one attached hydrogen (secondary N) is 4. The van der Waals surface area contributed by atoms with Crippen LogP contribution in [0.4, 0.5) is 0 Å². The van der Waals surface area contributed by atoms with Crippen LogP contribution in [-0.4, -0.2) is 442 Å². The van der Waals surface area contributed by atoms with E-state index in [9.17, 15) is 59.4 Å². The minimum absolute atomic E-state index is 0.00778. The van der Waals surface area contributed by atoms with Gasteiger partial charge < -0.3 is 166 Å². The number of ether oxygens (including phenoxy) is 24. The van der Waals surface area contributed by atoms with Crippen LogP contribution < -0.4 is 21.3 Å². The van der Waals surface area contributed by atoms with Crippen molar-refractivity contribution in [2.24, 2.45) is 5.92 Å². The van der Waals surface area contributed by atoms with Crippen molar-refractivity contribution in [1.82, 2.24) is 71.2 Å². The lowest BCUT2D eigenvalue weighted by Crippen LogP contribution is -2.66. The van der Waals surface area contributed by atoms with E-state index in [1.54, 1.807) is 50.4 Å². The van der Waals surface area contributed by atoms with Gasteiger partial charge in [0.05, 0.1) is 276 Å². The molecule has 50 nitrogen and oxygen atoms in total. The quantitative estimate of drug-likeness (QED) is 0.0210. The zero-order valence-electron chi connectivity index (χ0n) is 85.2. The smallest absolute Gasteiger partial charge is 0.271 e. The molecular weight excluding hydrogens is 1980 g/mol. The Morgan fingerprint density at radius 1 is 0.429 bits per heavy atom. The van der Waals surface area contributed by atoms with Gasteiger partial charge in [-0.2, -0.15) is 0 Å². The number of carbonyl (C=O) groups is 6. The topological polar surface area (TPSA) is 598 Å². The lowest BCUT2D eigenvalue weighted by molar-refractivity contribution is -0.322. The van der Waals surface area contributed by atoms with E-state index >= 15 is 0 Å². The standard InChI is InChI=1S/C67H111N13O31.C28H45NO5S2/c1-5-51(84)71-64(36-103-33-48-30-78(75-72-48)6-9-91-12-15-94-18-21-97-24-27-100-39-65-42-106-61(109-65)52(68-45(2)81)55(85)58(65)88,37-104-34-49-31-79(76-73-49)7-10-92-13-16-95-19-22-98-25-28-101-40-66-43-107-62(110-66)53(69-46(3)82)56(86)59(66)89)38-105-35-50-32-80(77-74-50)8-11-93-14-17-96-20-23-99-26-29-102-41-67-44-108-63(111-67)54(70-47(4)83)57(87)60(67)90;1-2-3-4-7-14-25(30)15-8-5-12-19-32-28-33-22-24(23-34-28)21-26(31)16-9-6-13-20-35-36-27-17-10-11-18-29-27/h30-32,52-63,85-90H,5-29,33-44H2,1-4H3,(H,68,81)(H,69,82)(H,70,83)(H,71,84);10-11,17-18,24,28H,2-9,12-16,19-23H2,1H3/t52-,53-,54-,55-,56-,57-,58-,59-,60-,61+,62+,63+,65+,66+,67+;/m1./s1. The van der Waals surface area contributed by atoms with Gasteiger partial charge in [-0.05, 0) is 55.0 Å².